The summed E-state index contributed by atoms with van der Waals surface area (Å²) in [6.07, 6.45) is -0.362. The molecule has 3 aliphatic rings. The Labute approximate surface area is 240 Å². The number of rotatable bonds is 5. The van der Waals surface area contributed by atoms with Crippen molar-refractivity contribution in [2.45, 2.75) is 72.5 Å². The molecule has 222 valence electrons. The molecule has 1 amide bonds. The van der Waals surface area contributed by atoms with E-state index in [1.807, 2.05) is 0 Å². The molecule has 3 aromatic rings. The van der Waals surface area contributed by atoms with E-state index in [-0.39, 0.29) is 36.0 Å². The van der Waals surface area contributed by atoms with Gasteiger partial charge in [-0.2, -0.15) is 13.2 Å². The average molecular weight is 605 g/mol. The SMILES string of the molecule is CC(F)(c1ccc2c(c1)CC[C@H]1[C@H](N3CCC(c4ccncc4)C3=O)CC[C@@]21S(=O)(=O)c1ccc(F)cc1)C(F)(F)F. The number of amides is 1. The van der Waals surface area contributed by atoms with Gasteiger partial charge in [-0.15, -0.1) is 0 Å². The van der Waals surface area contributed by atoms with Crippen molar-refractivity contribution in [1.82, 2.24) is 9.88 Å². The van der Waals surface area contributed by atoms with Crippen LogP contribution in [-0.4, -0.2) is 43.0 Å². The minimum Gasteiger partial charge on any atom is -0.339 e. The number of alkyl halides is 4. The standard InChI is InChI=1S/C31H29F5N2O3S/c1-29(33,31(34,35)36)21-3-9-25-20(18-21)2-8-26-27(38-17-13-24(28(38)39)19-11-15-37-16-12-19)10-14-30(25,26)42(40,41)23-6-4-22(32)5-7-23/h3-7,9,11-12,15-16,18,24,26-27H,2,8,10,13-14,17H2,1H3/t24?,26-,27+,29?,30+/m0/s1. The lowest BCUT2D eigenvalue weighted by molar-refractivity contribution is -0.228. The van der Waals surface area contributed by atoms with Crippen molar-refractivity contribution in [2.24, 2.45) is 5.92 Å². The quantitative estimate of drug-likeness (QED) is 0.251. The van der Waals surface area contributed by atoms with E-state index < -0.39 is 49.8 Å². The highest BCUT2D eigenvalue weighted by Gasteiger charge is 2.62. The smallest absolute Gasteiger partial charge is 0.339 e. The molecule has 2 aromatic carbocycles. The second-order valence-electron chi connectivity index (χ2n) is 11.6. The highest BCUT2D eigenvalue weighted by molar-refractivity contribution is 7.92. The molecule has 6 rings (SSSR count). The predicted molar refractivity (Wildman–Crippen MR) is 144 cm³/mol. The number of fused-ring (bicyclic) bond motifs is 3. The van der Waals surface area contributed by atoms with Gasteiger partial charge in [0.05, 0.1) is 10.8 Å². The number of aryl methyl sites for hydroxylation is 1. The van der Waals surface area contributed by atoms with Crippen molar-refractivity contribution in [1.29, 1.82) is 0 Å². The third kappa shape index (κ3) is 4.18. The van der Waals surface area contributed by atoms with Gasteiger partial charge in [-0.3, -0.25) is 9.78 Å². The molecule has 1 saturated heterocycles. The van der Waals surface area contributed by atoms with Crippen molar-refractivity contribution in [3.05, 3.63) is 95.1 Å². The van der Waals surface area contributed by atoms with Crippen LogP contribution in [0, 0.1) is 11.7 Å². The Bertz CT molecular complexity index is 1630. The lowest BCUT2D eigenvalue weighted by atomic mass is 9.73. The monoisotopic (exact) mass is 604 g/mol. The van der Waals surface area contributed by atoms with Crippen LogP contribution in [0.2, 0.25) is 0 Å². The average Bonchev–Trinajstić information content (AvgIpc) is 3.54. The van der Waals surface area contributed by atoms with Gasteiger partial charge in [0.1, 0.15) is 10.6 Å². The summed E-state index contributed by atoms with van der Waals surface area (Å²) >= 11 is 0. The molecule has 0 bridgehead atoms. The van der Waals surface area contributed by atoms with E-state index in [1.54, 1.807) is 29.4 Å². The molecule has 11 heteroatoms. The van der Waals surface area contributed by atoms with Crippen LogP contribution in [0.15, 0.2) is 71.9 Å². The van der Waals surface area contributed by atoms with Gasteiger partial charge >= 0.3 is 6.18 Å². The fourth-order valence-electron chi connectivity index (χ4n) is 7.41. The Hall–Kier alpha value is -3.34. The Morgan fingerprint density at radius 3 is 2.31 bits per heavy atom. The van der Waals surface area contributed by atoms with Gasteiger partial charge in [0, 0.05) is 30.9 Å². The summed E-state index contributed by atoms with van der Waals surface area (Å²) < 4.78 is 96.9. The Balaban J connectivity index is 1.45. The summed E-state index contributed by atoms with van der Waals surface area (Å²) in [5.41, 5.74) is -2.72. The van der Waals surface area contributed by atoms with Crippen LogP contribution in [0.3, 0.4) is 0 Å². The van der Waals surface area contributed by atoms with Gasteiger partial charge in [-0.05, 0) is 97.7 Å². The fourth-order valence-corrected chi connectivity index (χ4v) is 9.88. The maximum Gasteiger partial charge on any atom is 0.426 e. The summed E-state index contributed by atoms with van der Waals surface area (Å²) in [4.78, 5) is 19.4. The zero-order chi connectivity index (χ0) is 30.1. The van der Waals surface area contributed by atoms with Gasteiger partial charge in [0.2, 0.25) is 11.6 Å². The number of hydrogen-bond acceptors (Lipinski definition) is 4. The fraction of sp³-hybridized carbons (Fsp3) is 0.419. The van der Waals surface area contributed by atoms with E-state index >= 15 is 0 Å². The number of carbonyl (C=O) groups is 1. The molecule has 1 saturated carbocycles. The van der Waals surface area contributed by atoms with E-state index in [2.05, 4.69) is 4.98 Å². The molecule has 2 unspecified atom stereocenters. The summed E-state index contributed by atoms with van der Waals surface area (Å²) in [6.45, 7) is 0.895. The maximum atomic E-state index is 15.0. The van der Waals surface area contributed by atoms with Gasteiger partial charge in [0.15, 0.2) is 9.84 Å². The third-order valence-corrected chi connectivity index (χ3v) is 12.2. The highest BCUT2D eigenvalue weighted by Crippen LogP contribution is 2.59. The summed E-state index contributed by atoms with van der Waals surface area (Å²) in [7, 11) is -4.24. The van der Waals surface area contributed by atoms with Crippen LogP contribution >= 0.6 is 0 Å². The van der Waals surface area contributed by atoms with Crippen LogP contribution in [0.1, 0.15) is 60.8 Å². The van der Waals surface area contributed by atoms with Gasteiger partial charge in [-0.25, -0.2) is 17.2 Å². The van der Waals surface area contributed by atoms with Crippen molar-refractivity contribution < 1.29 is 35.2 Å². The molecule has 2 fully saturated rings. The molecule has 5 atom stereocenters. The molecule has 2 heterocycles. The number of carbonyl (C=O) groups excluding carboxylic acids is 1. The first-order chi connectivity index (χ1) is 19.8. The van der Waals surface area contributed by atoms with E-state index in [1.165, 1.54) is 18.2 Å². The largest absolute Gasteiger partial charge is 0.426 e. The molecule has 1 aliphatic heterocycles. The van der Waals surface area contributed by atoms with E-state index in [0.29, 0.717) is 37.4 Å². The molecule has 0 spiro atoms. The molecule has 1 aromatic heterocycles. The van der Waals surface area contributed by atoms with Crippen LogP contribution < -0.4 is 0 Å². The van der Waals surface area contributed by atoms with Crippen molar-refractivity contribution >= 4 is 15.7 Å². The zero-order valence-corrected chi connectivity index (χ0v) is 23.6. The van der Waals surface area contributed by atoms with Crippen LogP contribution in [-0.2, 0) is 31.5 Å². The first-order valence-corrected chi connectivity index (χ1v) is 15.4. The number of halogens is 5. The minimum absolute atomic E-state index is 0.0966. The Kier molecular flexibility index (Phi) is 6.75. The van der Waals surface area contributed by atoms with Crippen molar-refractivity contribution in [2.75, 3.05) is 6.54 Å². The molecule has 42 heavy (non-hydrogen) atoms. The lowest BCUT2D eigenvalue weighted by Gasteiger charge is -2.44. The topological polar surface area (TPSA) is 67.3 Å². The molecule has 0 N–H and O–H groups in total. The second kappa shape index (κ2) is 9.86. The molecule has 2 aliphatic carbocycles. The lowest BCUT2D eigenvalue weighted by Crippen LogP contribution is -2.50. The minimum atomic E-state index is -5.16. The van der Waals surface area contributed by atoms with Crippen LogP contribution in [0.5, 0.6) is 0 Å². The van der Waals surface area contributed by atoms with Gasteiger partial charge < -0.3 is 4.90 Å². The van der Waals surface area contributed by atoms with E-state index in [4.69, 9.17) is 0 Å². The summed E-state index contributed by atoms with van der Waals surface area (Å²) in [5, 5.41) is 0. The second-order valence-corrected chi connectivity index (χ2v) is 13.8. The Morgan fingerprint density at radius 1 is 0.952 bits per heavy atom. The summed E-state index contributed by atoms with van der Waals surface area (Å²) in [6, 6.07) is 11.1. The van der Waals surface area contributed by atoms with E-state index in [0.717, 1.165) is 29.8 Å². The van der Waals surface area contributed by atoms with Crippen molar-refractivity contribution in [3.8, 4) is 0 Å². The van der Waals surface area contributed by atoms with Crippen LogP contribution in [0.4, 0.5) is 22.0 Å². The first kappa shape index (κ1) is 28.8. The van der Waals surface area contributed by atoms with Crippen LogP contribution in [0.25, 0.3) is 0 Å². The predicted octanol–water partition coefficient (Wildman–Crippen LogP) is 6.38. The third-order valence-electron chi connectivity index (χ3n) is 9.59. The van der Waals surface area contributed by atoms with E-state index in [9.17, 15) is 35.2 Å². The molecule has 5 nitrogen and oxygen atoms in total. The first-order valence-electron chi connectivity index (χ1n) is 13.9. The normalized spacial score (nSPS) is 27.4. The molecular weight excluding hydrogens is 575 g/mol. The van der Waals surface area contributed by atoms with Gasteiger partial charge in [0.25, 0.3) is 0 Å². The number of sulfone groups is 1. The van der Waals surface area contributed by atoms with Crippen molar-refractivity contribution in [3.63, 3.8) is 0 Å². The number of likely N-dealkylation sites (tertiary alicyclic amines) is 1. The highest BCUT2D eigenvalue weighted by atomic mass is 32.2. The molecule has 0 radical (unpaired) electrons. The number of nitrogens with zero attached hydrogens (tertiary/aromatic N) is 2. The Morgan fingerprint density at radius 2 is 1.64 bits per heavy atom. The maximum absolute atomic E-state index is 15.0. The van der Waals surface area contributed by atoms with Gasteiger partial charge in [-0.1, -0.05) is 18.2 Å². The number of pyridine rings is 1. The molecular formula is C31H29F5N2O3S. The zero-order valence-electron chi connectivity index (χ0n) is 22.7. The number of benzene rings is 2. The number of hydrogen-bond donors (Lipinski definition) is 0. The number of aromatic nitrogens is 1. The summed E-state index contributed by atoms with van der Waals surface area (Å²) in [5.74, 6) is -1.65.